The second-order valence-electron chi connectivity index (χ2n) is 6.86. The number of carbonyl (C=O) groups excluding carboxylic acids is 1. The zero-order valence-corrected chi connectivity index (χ0v) is 16.0. The number of rotatable bonds is 6. The lowest BCUT2D eigenvalue weighted by atomic mass is 10.0. The van der Waals surface area contributed by atoms with Gasteiger partial charge < -0.3 is 9.64 Å². The Balaban J connectivity index is 1.50. The molecule has 0 fully saturated rings. The van der Waals surface area contributed by atoms with Crippen LogP contribution < -0.4 is 4.74 Å². The topological polar surface area (TPSA) is 73.1 Å². The number of benzene rings is 1. The molecule has 0 bridgehead atoms. The van der Waals surface area contributed by atoms with Crippen molar-refractivity contribution in [3.63, 3.8) is 0 Å². The summed E-state index contributed by atoms with van der Waals surface area (Å²) in [5, 5.41) is 4.35. The highest BCUT2D eigenvalue weighted by Crippen LogP contribution is 2.29. The maximum atomic E-state index is 12.8. The lowest BCUT2D eigenvalue weighted by Crippen LogP contribution is -2.23. The summed E-state index contributed by atoms with van der Waals surface area (Å²) < 4.78 is 31.7. The van der Waals surface area contributed by atoms with Gasteiger partial charge in [0.1, 0.15) is 11.9 Å². The van der Waals surface area contributed by atoms with Crippen molar-refractivity contribution in [1.29, 1.82) is 0 Å². The molecule has 0 saturated carbocycles. The number of fused-ring (bicyclic) bond motifs is 1. The first-order valence-electron chi connectivity index (χ1n) is 9.06. The number of amides is 1. The van der Waals surface area contributed by atoms with Gasteiger partial charge in [0.25, 0.3) is 12.3 Å². The van der Waals surface area contributed by atoms with Crippen molar-refractivity contribution in [2.24, 2.45) is 7.05 Å². The van der Waals surface area contributed by atoms with Crippen molar-refractivity contribution < 1.29 is 18.3 Å². The average molecular weight is 399 g/mol. The van der Waals surface area contributed by atoms with Crippen LogP contribution in [-0.2, 0) is 20.1 Å². The molecule has 0 unspecified atom stereocenters. The molecule has 0 spiro atoms. The molecule has 0 atom stereocenters. The van der Waals surface area contributed by atoms with Crippen molar-refractivity contribution in [2.75, 3.05) is 6.61 Å². The van der Waals surface area contributed by atoms with Crippen LogP contribution in [0, 0.1) is 6.92 Å². The standard InChI is InChI=1S/C20H19F2N5O2/c1-12-15(8-26(2)25-12)14-5-3-13(4-6-14)7-27-9-16-18(20(27)28)19(24-11-23-16)29-10-17(21)22/h3-6,8,11,17H,7,9-10H2,1-2H3. The minimum absolute atomic E-state index is 0.0924. The molecule has 3 heterocycles. The van der Waals surface area contributed by atoms with E-state index in [4.69, 9.17) is 4.74 Å². The first-order chi connectivity index (χ1) is 13.9. The number of aromatic nitrogens is 4. The summed E-state index contributed by atoms with van der Waals surface area (Å²) in [6.45, 7) is 1.80. The lowest BCUT2D eigenvalue weighted by Gasteiger charge is -2.15. The van der Waals surface area contributed by atoms with Crippen LogP contribution in [0.15, 0.2) is 36.8 Å². The maximum Gasteiger partial charge on any atom is 0.272 e. The highest BCUT2D eigenvalue weighted by molar-refractivity contribution is 5.99. The summed E-state index contributed by atoms with van der Waals surface area (Å²) in [7, 11) is 1.88. The Morgan fingerprint density at radius 2 is 1.97 bits per heavy atom. The van der Waals surface area contributed by atoms with Gasteiger partial charge in [-0.25, -0.2) is 18.7 Å². The lowest BCUT2D eigenvalue weighted by molar-refractivity contribution is 0.0719. The summed E-state index contributed by atoms with van der Waals surface area (Å²) in [6, 6.07) is 7.89. The fraction of sp³-hybridized carbons (Fsp3) is 0.300. The number of carbonyl (C=O) groups is 1. The van der Waals surface area contributed by atoms with Gasteiger partial charge in [-0.05, 0) is 18.1 Å². The van der Waals surface area contributed by atoms with E-state index >= 15 is 0 Å². The van der Waals surface area contributed by atoms with Crippen molar-refractivity contribution >= 4 is 5.91 Å². The van der Waals surface area contributed by atoms with Crippen LogP contribution in [0.1, 0.15) is 27.3 Å². The van der Waals surface area contributed by atoms with Crippen LogP contribution >= 0.6 is 0 Å². The zero-order valence-electron chi connectivity index (χ0n) is 16.0. The van der Waals surface area contributed by atoms with E-state index in [1.165, 1.54) is 6.33 Å². The quantitative estimate of drug-likeness (QED) is 0.637. The Bertz CT molecular complexity index is 1050. The van der Waals surface area contributed by atoms with E-state index in [0.29, 0.717) is 12.2 Å². The van der Waals surface area contributed by atoms with Gasteiger partial charge >= 0.3 is 0 Å². The molecule has 0 saturated heterocycles. The largest absolute Gasteiger partial charge is 0.471 e. The second kappa shape index (κ2) is 7.57. The van der Waals surface area contributed by atoms with Crippen LogP contribution in [0.25, 0.3) is 11.1 Å². The number of halogens is 2. The molecule has 29 heavy (non-hydrogen) atoms. The average Bonchev–Trinajstić information content (AvgIpc) is 3.19. The number of hydrogen-bond acceptors (Lipinski definition) is 5. The normalized spacial score (nSPS) is 13.3. The predicted molar refractivity (Wildman–Crippen MR) is 100 cm³/mol. The van der Waals surface area contributed by atoms with Crippen LogP contribution in [-0.4, -0.2) is 43.6 Å². The fourth-order valence-electron chi connectivity index (χ4n) is 3.42. The molecule has 1 aliphatic heterocycles. The highest BCUT2D eigenvalue weighted by atomic mass is 19.3. The summed E-state index contributed by atoms with van der Waals surface area (Å²) in [5.74, 6) is -0.415. The van der Waals surface area contributed by atoms with E-state index in [1.807, 2.05) is 44.4 Å². The van der Waals surface area contributed by atoms with Crippen LogP contribution in [0.4, 0.5) is 8.78 Å². The maximum absolute atomic E-state index is 12.8. The Morgan fingerprint density at radius 1 is 1.21 bits per heavy atom. The molecule has 2 aromatic heterocycles. The Kier molecular flexibility index (Phi) is 4.96. The van der Waals surface area contributed by atoms with E-state index in [1.54, 1.807) is 9.58 Å². The van der Waals surface area contributed by atoms with E-state index in [9.17, 15) is 13.6 Å². The van der Waals surface area contributed by atoms with E-state index in [-0.39, 0.29) is 23.9 Å². The summed E-state index contributed by atoms with van der Waals surface area (Å²) >= 11 is 0. The molecule has 0 aliphatic carbocycles. The monoisotopic (exact) mass is 399 g/mol. The van der Waals surface area contributed by atoms with Gasteiger partial charge in [0.15, 0.2) is 6.61 Å². The van der Waals surface area contributed by atoms with Gasteiger partial charge in [-0.2, -0.15) is 5.10 Å². The van der Waals surface area contributed by atoms with Crippen LogP contribution in [0.2, 0.25) is 0 Å². The minimum atomic E-state index is -2.64. The van der Waals surface area contributed by atoms with Crippen molar-refractivity contribution in [3.8, 4) is 17.0 Å². The smallest absolute Gasteiger partial charge is 0.272 e. The highest BCUT2D eigenvalue weighted by Gasteiger charge is 2.33. The van der Waals surface area contributed by atoms with E-state index in [2.05, 4.69) is 15.1 Å². The Labute approximate surface area is 166 Å². The first kappa shape index (κ1) is 19.0. The molecule has 0 N–H and O–H groups in total. The van der Waals surface area contributed by atoms with E-state index < -0.39 is 13.0 Å². The predicted octanol–water partition coefficient (Wildman–Crippen LogP) is 2.99. The summed E-state index contributed by atoms with van der Waals surface area (Å²) in [4.78, 5) is 22.3. The number of hydrogen-bond donors (Lipinski definition) is 0. The third-order valence-corrected chi connectivity index (χ3v) is 4.73. The van der Waals surface area contributed by atoms with Gasteiger partial charge in [-0.3, -0.25) is 9.48 Å². The SMILES string of the molecule is Cc1nn(C)cc1-c1ccc(CN2Cc3ncnc(OCC(F)F)c3C2=O)cc1. The number of alkyl halides is 2. The summed E-state index contributed by atoms with van der Waals surface area (Å²) in [6.07, 6.45) is 0.543. The molecule has 1 aliphatic rings. The number of nitrogens with zero attached hydrogens (tertiary/aromatic N) is 5. The molecular formula is C20H19F2N5O2. The van der Waals surface area contributed by atoms with E-state index in [0.717, 1.165) is 22.4 Å². The summed E-state index contributed by atoms with van der Waals surface area (Å²) in [5.41, 5.74) is 4.64. The number of aryl methyl sites for hydroxylation is 2. The third kappa shape index (κ3) is 3.80. The molecule has 3 aromatic rings. The molecule has 0 radical (unpaired) electrons. The second-order valence-corrected chi connectivity index (χ2v) is 6.86. The van der Waals surface area contributed by atoms with Crippen LogP contribution in [0.3, 0.4) is 0 Å². The number of ether oxygens (including phenoxy) is 1. The van der Waals surface area contributed by atoms with Gasteiger partial charge in [-0.15, -0.1) is 0 Å². The molecule has 7 nitrogen and oxygen atoms in total. The van der Waals surface area contributed by atoms with Gasteiger partial charge in [-0.1, -0.05) is 24.3 Å². The third-order valence-electron chi connectivity index (χ3n) is 4.73. The molecule has 4 rings (SSSR count). The molecule has 150 valence electrons. The fourth-order valence-corrected chi connectivity index (χ4v) is 3.42. The van der Waals surface area contributed by atoms with Gasteiger partial charge in [0.05, 0.1) is 17.9 Å². The first-order valence-corrected chi connectivity index (χ1v) is 9.06. The molecule has 1 amide bonds. The molecule has 1 aromatic carbocycles. The van der Waals surface area contributed by atoms with Crippen molar-refractivity contribution in [2.45, 2.75) is 26.4 Å². The zero-order chi connectivity index (χ0) is 20.5. The molecular weight excluding hydrogens is 380 g/mol. The molecule has 9 heteroatoms. The van der Waals surface area contributed by atoms with Crippen molar-refractivity contribution in [3.05, 3.63) is 59.3 Å². The minimum Gasteiger partial charge on any atom is -0.471 e. The van der Waals surface area contributed by atoms with Crippen molar-refractivity contribution in [1.82, 2.24) is 24.6 Å². The van der Waals surface area contributed by atoms with Gasteiger partial charge in [0.2, 0.25) is 5.88 Å². The Hall–Kier alpha value is -3.36. The van der Waals surface area contributed by atoms with Crippen LogP contribution in [0.5, 0.6) is 5.88 Å². The Morgan fingerprint density at radius 3 is 2.62 bits per heavy atom. The van der Waals surface area contributed by atoms with Gasteiger partial charge in [0, 0.05) is 25.4 Å².